The molecule has 2 rings (SSSR count). The van der Waals surface area contributed by atoms with Crippen LogP contribution in [0.15, 0.2) is 18.6 Å². The highest BCUT2D eigenvalue weighted by Crippen LogP contribution is 2.19. The van der Waals surface area contributed by atoms with Crippen LogP contribution in [0.25, 0.3) is 11.3 Å². The number of ether oxygens (including phenoxy) is 1. The molecule has 2 aromatic rings. The van der Waals surface area contributed by atoms with E-state index in [4.69, 9.17) is 4.74 Å². The molecule has 0 radical (unpaired) electrons. The molecule has 6 heteroatoms. The van der Waals surface area contributed by atoms with Crippen molar-refractivity contribution in [1.29, 1.82) is 0 Å². The second-order valence-electron chi connectivity index (χ2n) is 2.87. The number of nitrogens with zero attached hydrogens (tertiary/aromatic N) is 2. The average molecular weight is 206 g/mol. The Labute approximate surface area is 85.7 Å². The predicted molar refractivity (Wildman–Crippen MR) is 52.1 cm³/mol. The third kappa shape index (κ3) is 1.74. The van der Waals surface area contributed by atoms with E-state index in [-0.39, 0.29) is 5.97 Å². The maximum Gasteiger partial charge on any atom is 0.341 e. The van der Waals surface area contributed by atoms with Gasteiger partial charge < -0.3 is 4.74 Å². The van der Waals surface area contributed by atoms with Gasteiger partial charge in [-0.2, -0.15) is 10.2 Å². The number of carbonyl (C=O) groups is 1. The van der Waals surface area contributed by atoms with Crippen molar-refractivity contribution in [2.45, 2.75) is 6.92 Å². The van der Waals surface area contributed by atoms with Gasteiger partial charge >= 0.3 is 5.97 Å². The maximum atomic E-state index is 11.5. The number of nitrogens with one attached hydrogen (secondary N) is 2. The Morgan fingerprint density at radius 2 is 2.33 bits per heavy atom. The second kappa shape index (κ2) is 3.95. The van der Waals surface area contributed by atoms with Crippen molar-refractivity contribution < 1.29 is 9.53 Å². The van der Waals surface area contributed by atoms with Crippen molar-refractivity contribution in [2.24, 2.45) is 0 Å². The van der Waals surface area contributed by atoms with Gasteiger partial charge in [0.25, 0.3) is 0 Å². The first-order valence-corrected chi connectivity index (χ1v) is 4.52. The van der Waals surface area contributed by atoms with Crippen LogP contribution >= 0.6 is 0 Å². The molecule has 0 saturated carbocycles. The Bertz CT molecular complexity index is 446. The summed E-state index contributed by atoms with van der Waals surface area (Å²) < 4.78 is 4.90. The summed E-state index contributed by atoms with van der Waals surface area (Å²) in [4.78, 5) is 11.5. The highest BCUT2D eigenvalue weighted by Gasteiger charge is 2.16. The van der Waals surface area contributed by atoms with Gasteiger partial charge in [0.1, 0.15) is 5.56 Å². The van der Waals surface area contributed by atoms with Crippen molar-refractivity contribution in [3.63, 3.8) is 0 Å². The summed E-state index contributed by atoms with van der Waals surface area (Å²) in [6.07, 6.45) is 4.73. The number of rotatable bonds is 3. The quantitative estimate of drug-likeness (QED) is 0.733. The van der Waals surface area contributed by atoms with Crippen LogP contribution in [-0.4, -0.2) is 33.0 Å². The number of hydrogen-bond acceptors (Lipinski definition) is 4. The molecule has 0 aliphatic carbocycles. The van der Waals surface area contributed by atoms with Crippen LogP contribution in [0.1, 0.15) is 17.3 Å². The Morgan fingerprint density at radius 1 is 1.47 bits per heavy atom. The predicted octanol–water partition coefficient (Wildman–Crippen LogP) is 0.976. The van der Waals surface area contributed by atoms with E-state index >= 15 is 0 Å². The Hall–Kier alpha value is -2.11. The molecule has 0 saturated heterocycles. The Kier molecular flexibility index (Phi) is 2.49. The van der Waals surface area contributed by atoms with E-state index in [0.717, 1.165) is 5.56 Å². The van der Waals surface area contributed by atoms with E-state index in [2.05, 4.69) is 20.4 Å². The number of aromatic amines is 2. The lowest BCUT2D eigenvalue weighted by Gasteiger charge is -2.00. The molecule has 0 bridgehead atoms. The van der Waals surface area contributed by atoms with Gasteiger partial charge in [-0.3, -0.25) is 10.2 Å². The van der Waals surface area contributed by atoms with Crippen LogP contribution in [0, 0.1) is 0 Å². The molecule has 15 heavy (non-hydrogen) atoms. The first-order chi connectivity index (χ1) is 7.33. The van der Waals surface area contributed by atoms with Crippen molar-refractivity contribution in [3.05, 3.63) is 24.2 Å². The summed E-state index contributed by atoms with van der Waals surface area (Å²) in [6.45, 7) is 2.10. The number of aromatic nitrogens is 4. The Balaban J connectivity index is 2.34. The molecule has 0 aromatic carbocycles. The second-order valence-corrected chi connectivity index (χ2v) is 2.87. The summed E-state index contributed by atoms with van der Waals surface area (Å²) >= 11 is 0. The van der Waals surface area contributed by atoms with Crippen LogP contribution in [0.3, 0.4) is 0 Å². The Morgan fingerprint density at radius 3 is 3.00 bits per heavy atom. The zero-order valence-electron chi connectivity index (χ0n) is 8.15. The lowest BCUT2D eigenvalue weighted by atomic mass is 10.1. The molecule has 2 N–H and O–H groups in total. The third-order valence-corrected chi connectivity index (χ3v) is 1.92. The molecule has 0 unspecified atom stereocenters. The fourth-order valence-electron chi connectivity index (χ4n) is 1.26. The van der Waals surface area contributed by atoms with Gasteiger partial charge in [-0.25, -0.2) is 4.79 Å². The van der Waals surface area contributed by atoms with Crippen molar-refractivity contribution in [2.75, 3.05) is 6.61 Å². The summed E-state index contributed by atoms with van der Waals surface area (Å²) in [6, 6.07) is 0. The first kappa shape index (κ1) is 9.45. The highest BCUT2D eigenvalue weighted by atomic mass is 16.5. The molecule has 6 nitrogen and oxygen atoms in total. The molecule has 0 atom stereocenters. The van der Waals surface area contributed by atoms with E-state index in [0.29, 0.717) is 17.9 Å². The molecule has 0 amide bonds. The zero-order chi connectivity index (χ0) is 10.7. The first-order valence-electron chi connectivity index (χ1n) is 4.52. The molecular weight excluding hydrogens is 196 g/mol. The highest BCUT2D eigenvalue weighted by molar-refractivity contribution is 5.95. The molecule has 2 aromatic heterocycles. The van der Waals surface area contributed by atoms with Gasteiger partial charge in [0, 0.05) is 11.8 Å². The normalized spacial score (nSPS) is 10.2. The summed E-state index contributed by atoms with van der Waals surface area (Å²) in [5.41, 5.74) is 1.80. The van der Waals surface area contributed by atoms with Crippen molar-refractivity contribution >= 4 is 5.97 Å². The van der Waals surface area contributed by atoms with Crippen LogP contribution < -0.4 is 0 Å². The van der Waals surface area contributed by atoms with Gasteiger partial charge in [-0.1, -0.05) is 0 Å². The van der Waals surface area contributed by atoms with E-state index in [1.54, 1.807) is 19.3 Å². The fourth-order valence-corrected chi connectivity index (χ4v) is 1.26. The summed E-state index contributed by atoms with van der Waals surface area (Å²) in [7, 11) is 0. The number of hydrogen-bond donors (Lipinski definition) is 2. The van der Waals surface area contributed by atoms with Crippen molar-refractivity contribution in [3.8, 4) is 11.3 Å². The smallest absolute Gasteiger partial charge is 0.341 e. The molecule has 0 aliphatic heterocycles. The van der Waals surface area contributed by atoms with E-state index in [1.807, 2.05) is 0 Å². The summed E-state index contributed by atoms with van der Waals surface area (Å²) in [5, 5.41) is 13.0. The average Bonchev–Trinajstić information content (AvgIpc) is 2.88. The van der Waals surface area contributed by atoms with Crippen LogP contribution in [-0.2, 0) is 4.74 Å². The lowest BCUT2D eigenvalue weighted by Crippen LogP contribution is -2.04. The monoisotopic (exact) mass is 206 g/mol. The van der Waals surface area contributed by atoms with Crippen LogP contribution in [0.4, 0.5) is 0 Å². The fraction of sp³-hybridized carbons (Fsp3) is 0.222. The topological polar surface area (TPSA) is 83.7 Å². The number of carbonyl (C=O) groups excluding carboxylic acids is 1. The minimum atomic E-state index is -0.387. The molecular formula is C9H10N4O2. The third-order valence-electron chi connectivity index (χ3n) is 1.92. The van der Waals surface area contributed by atoms with Gasteiger partial charge in [0.15, 0.2) is 0 Å². The molecule has 78 valence electrons. The number of H-pyrrole nitrogens is 2. The van der Waals surface area contributed by atoms with E-state index < -0.39 is 0 Å². The zero-order valence-corrected chi connectivity index (χ0v) is 8.15. The lowest BCUT2D eigenvalue weighted by molar-refractivity contribution is 0.0527. The summed E-state index contributed by atoms with van der Waals surface area (Å²) in [5.74, 6) is -0.387. The minimum absolute atomic E-state index is 0.342. The van der Waals surface area contributed by atoms with Gasteiger partial charge in [0.05, 0.1) is 24.7 Å². The van der Waals surface area contributed by atoms with Gasteiger partial charge in [-0.05, 0) is 6.92 Å². The van der Waals surface area contributed by atoms with Gasteiger partial charge in [-0.15, -0.1) is 0 Å². The SMILES string of the molecule is CCOC(=O)c1cn[nH]c1-c1cn[nH]c1. The largest absolute Gasteiger partial charge is 0.462 e. The maximum absolute atomic E-state index is 11.5. The van der Waals surface area contributed by atoms with Gasteiger partial charge in [0.2, 0.25) is 0 Å². The molecule has 0 aliphatic rings. The molecule has 0 spiro atoms. The number of esters is 1. The van der Waals surface area contributed by atoms with E-state index in [1.165, 1.54) is 6.20 Å². The standard InChI is InChI=1S/C9H10N4O2/c1-2-15-9(14)7-5-12-13-8(7)6-3-10-11-4-6/h3-5H,2H2,1H3,(H,10,11)(H,12,13). The van der Waals surface area contributed by atoms with Crippen LogP contribution in [0.5, 0.6) is 0 Å². The van der Waals surface area contributed by atoms with E-state index in [9.17, 15) is 4.79 Å². The van der Waals surface area contributed by atoms with Crippen LogP contribution in [0.2, 0.25) is 0 Å². The molecule has 0 fully saturated rings. The minimum Gasteiger partial charge on any atom is -0.462 e. The molecule has 2 heterocycles. The van der Waals surface area contributed by atoms with Crippen molar-refractivity contribution in [1.82, 2.24) is 20.4 Å².